The van der Waals surface area contributed by atoms with Gasteiger partial charge in [0.05, 0.1) is 11.9 Å². The normalized spacial score (nSPS) is 10.8. The van der Waals surface area contributed by atoms with Crippen LogP contribution in [0.4, 0.5) is 4.39 Å². The van der Waals surface area contributed by atoms with Gasteiger partial charge in [-0.2, -0.15) is 0 Å². The van der Waals surface area contributed by atoms with E-state index in [2.05, 4.69) is 10.3 Å². The number of aromatic carboxylic acids is 1. The maximum atomic E-state index is 12.6. The van der Waals surface area contributed by atoms with Crippen molar-refractivity contribution in [2.24, 2.45) is 0 Å². The SMILES string of the molecule is O=C(Cc1c(Cl)cccc1OCF)NCc1cc(Cl)cc2cc(C(=O)O)c(=O)[nH]c12. The summed E-state index contributed by atoms with van der Waals surface area (Å²) >= 11 is 12.2. The van der Waals surface area contributed by atoms with E-state index in [0.29, 0.717) is 27.1 Å². The molecule has 3 rings (SSSR count). The number of benzene rings is 2. The van der Waals surface area contributed by atoms with Crippen LogP contribution in [0, 0.1) is 0 Å². The van der Waals surface area contributed by atoms with E-state index in [0.717, 1.165) is 0 Å². The van der Waals surface area contributed by atoms with Gasteiger partial charge in [-0.05, 0) is 35.9 Å². The summed E-state index contributed by atoms with van der Waals surface area (Å²) in [6.45, 7) is -1.06. The number of nitrogens with one attached hydrogen (secondary N) is 2. The highest BCUT2D eigenvalue weighted by atomic mass is 35.5. The standard InChI is InChI=1S/C20H15Cl2FN2O5/c21-12-4-10-6-14(20(28)29)19(27)25-18(10)11(5-12)8-24-17(26)7-13-15(22)2-1-3-16(13)30-9-23/h1-6H,7-9H2,(H,24,26)(H,25,27)(H,28,29). The number of aromatic nitrogens is 1. The predicted octanol–water partition coefficient (Wildman–Crippen LogP) is 3.70. The minimum atomic E-state index is -1.36. The quantitative estimate of drug-likeness (QED) is 0.506. The summed E-state index contributed by atoms with van der Waals surface area (Å²) in [5.41, 5.74) is -0.00852. The number of H-pyrrole nitrogens is 1. The number of pyridine rings is 1. The molecule has 3 N–H and O–H groups in total. The fraction of sp³-hybridized carbons (Fsp3) is 0.150. The molecule has 0 aliphatic rings. The second-order valence-corrected chi connectivity index (χ2v) is 7.11. The van der Waals surface area contributed by atoms with Crippen LogP contribution in [-0.4, -0.2) is 28.8 Å². The van der Waals surface area contributed by atoms with Gasteiger partial charge in [-0.3, -0.25) is 9.59 Å². The largest absolute Gasteiger partial charge is 0.477 e. The fourth-order valence-electron chi connectivity index (χ4n) is 2.97. The van der Waals surface area contributed by atoms with Gasteiger partial charge in [0.25, 0.3) is 5.56 Å². The first kappa shape index (κ1) is 21.6. The number of carbonyl (C=O) groups excluding carboxylic acids is 1. The van der Waals surface area contributed by atoms with Crippen LogP contribution in [0.15, 0.2) is 41.2 Å². The highest BCUT2D eigenvalue weighted by molar-refractivity contribution is 6.32. The number of halogens is 3. The van der Waals surface area contributed by atoms with Crippen LogP contribution in [0.1, 0.15) is 21.5 Å². The Hall–Kier alpha value is -3.10. The van der Waals surface area contributed by atoms with Gasteiger partial charge in [-0.25, -0.2) is 9.18 Å². The molecule has 0 aliphatic carbocycles. The van der Waals surface area contributed by atoms with Gasteiger partial charge in [0.2, 0.25) is 12.8 Å². The summed E-state index contributed by atoms with van der Waals surface area (Å²) in [5, 5.41) is 12.8. The van der Waals surface area contributed by atoms with Crippen molar-refractivity contribution in [3.8, 4) is 5.75 Å². The third-order valence-electron chi connectivity index (χ3n) is 4.33. The Morgan fingerprint density at radius 1 is 1.20 bits per heavy atom. The molecule has 0 fully saturated rings. The number of rotatable bonds is 7. The van der Waals surface area contributed by atoms with Crippen LogP contribution < -0.4 is 15.6 Å². The van der Waals surface area contributed by atoms with E-state index in [4.69, 9.17) is 33.0 Å². The van der Waals surface area contributed by atoms with Gasteiger partial charge in [0, 0.05) is 27.5 Å². The lowest BCUT2D eigenvalue weighted by Crippen LogP contribution is -2.25. The molecule has 0 spiro atoms. The van der Waals surface area contributed by atoms with E-state index in [-0.39, 0.29) is 23.7 Å². The molecule has 1 heterocycles. The van der Waals surface area contributed by atoms with Gasteiger partial charge >= 0.3 is 5.97 Å². The van der Waals surface area contributed by atoms with Crippen molar-refractivity contribution in [2.75, 3.05) is 6.86 Å². The van der Waals surface area contributed by atoms with Gasteiger partial charge in [-0.1, -0.05) is 29.3 Å². The van der Waals surface area contributed by atoms with Crippen molar-refractivity contribution in [3.05, 3.63) is 73.5 Å². The monoisotopic (exact) mass is 452 g/mol. The van der Waals surface area contributed by atoms with E-state index >= 15 is 0 Å². The zero-order valence-electron chi connectivity index (χ0n) is 15.3. The number of fused-ring (bicyclic) bond motifs is 1. The van der Waals surface area contributed by atoms with Crippen molar-refractivity contribution >= 4 is 46.0 Å². The molecule has 0 saturated carbocycles. The summed E-state index contributed by atoms with van der Waals surface area (Å²) in [7, 11) is 0. The fourth-order valence-corrected chi connectivity index (χ4v) is 3.46. The van der Waals surface area contributed by atoms with E-state index in [1.165, 1.54) is 18.2 Å². The molecule has 10 heteroatoms. The molecule has 1 amide bonds. The summed E-state index contributed by atoms with van der Waals surface area (Å²) in [5.74, 6) is -1.62. The number of alkyl halides is 1. The maximum Gasteiger partial charge on any atom is 0.341 e. The molecule has 0 saturated heterocycles. The van der Waals surface area contributed by atoms with Crippen molar-refractivity contribution in [1.82, 2.24) is 10.3 Å². The summed E-state index contributed by atoms with van der Waals surface area (Å²) in [6, 6.07) is 8.92. The minimum Gasteiger partial charge on any atom is -0.477 e. The van der Waals surface area contributed by atoms with E-state index in [9.17, 15) is 18.8 Å². The Bertz CT molecular complexity index is 1200. The number of ether oxygens (including phenoxy) is 1. The Morgan fingerprint density at radius 2 is 1.97 bits per heavy atom. The molecule has 0 aliphatic heterocycles. The second kappa shape index (κ2) is 9.15. The summed E-state index contributed by atoms with van der Waals surface area (Å²) in [6.07, 6.45) is -0.160. The first-order valence-corrected chi connectivity index (χ1v) is 9.37. The minimum absolute atomic E-state index is 0.00199. The van der Waals surface area contributed by atoms with Crippen molar-refractivity contribution in [3.63, 3.8) is 0 Å². The van der Waals surface area contributed by atoms with Gasteiger partial charge in [0.1, 0.15) is 11.3 Å². The van der Waals surface area contributed by atoms with Gasteiger partial charge in [0.15, 0.2) is 0 Å². The van der Waals surface area contributed by atoms with Crippen LogP contribution in [0.3, 0.4) is 0 Å². The van der Waals surface area contributed by atoms with E-state index < -0.39 is 29.9 Å². The topological polar surface area (TPSA) is 108 Å². The highest BCUT2D eigenvalue weighted by Crippen LogP contribution is 2.27. The van der Waals surface area contributed by atoms with E-state index in [1.807, 2.05) is 0 Å². The third kappa shape index (κ3) is 4.72. The van der Waals surface area contributed by atoms with Crippen molar-refractivity contribution in [1.29, 1.82) is 0 Å². The Morgan fingerprint density at radius 3 is 2.67 bits per heavy atom. The molecule has 1 aromatic heterocycles. The average molecular weight is 453 g/mol. The zero-order valence-corrected chi connectivity index (χ0v) is 16.8. The highest BCUT2D eigenvalue weighted by Gasteiger charge is 2.15. The average Bonchev–Trinajstić information content (AvgIpc) is 2.68. The lowest BCUT2D eigenvalue weighted by Gasteiger charge is -2.12. The van der Waals surface area contributed by atoms with Gasteiger partial charge in [-0.15, -0.1) is 0 Å². The maximum absolute atomic E-state index is 12.6. The van der Waals surface area contributed by atoms with Gasteiger partial charge < -0.3 is 20.1 Å². The third-order valence-corrected chi connectivity index (χ3v) is 4.90. The summed E-state index contributed by atoms with van der Waals surface area (Å²) < 4.78 is 17.4. The summed E-state index contributed by atoms with van der Waals surface area (Å²) in [4.78, 5) is 38.1. The van der Waals surface area contributed by atoms with Crippen molar-refractivity contribution in [2.45, 2.75) is 13.0 Å². The van der Waals surface area contributed by atoms with Crippen LogP contribution in [0.2, 0.25) is 10.0 Å². The van der Waals surface area contributed by atoms with Crippen LogP contribution >= 0.6 is 23.2 Å². The molecular formula is C20H15Cl2FN2O5. The number of carboxylic acid groups (broad SMARTS) is 1. The Balaban J connectivity index is 1.84. The van der Waals surface area contributed by atoms with Crippen molar-refractivity contribution < 1.29 is 23.8 Å². The number of hydrogen-bond acceptors (Lipinski definition) is 4. The van der Waals surface area contributed by atoms with Crippen LogP contribution in [-0.2, 0) is 17.8 Å². The molecule has 2 aromatic carbocycles. The first-order chi connectivity index (χ1) is 14.3. The molecule has 0 bridgehead atoms. The number of carboxylic acids is 1. The molecule has 156 valence electrons. The zero-order chi connectivity index (χ0) is 21.8. The molecular weight excluding hydrogens is 438 g/mol. The molecule has 0 radical (unpaired) electrons. The molecule has 30 heavy (non-hydrogen) atoms. The molecule has 7 nitrogen and oxygen atoms in total. The molecule has 0 atom stereocenters. The predicted molar refractivity (Wildman–Crippen MR) is 110 cm³/mol. The first-order valence-electron chi connectivity index (χ1n) is 8.61. The van der Waals surface area contributed by atoms with E-state index in [1.54, 1.807) is 18.2 Å². The second-order valence-electron chi connectivity index (χ2n) is 6.27. The number of aromatic amines is 1. The lowest BCUT2D eigenvalue weighted by atomic mass is 10.1. The number of carbonyl (C=O) groups is 2. The Kier molecular flexibility index (Phi) is 6.59. The lowest BCUT2D eigenvalue weighted by molar-refractivity contribution is -0.120. The molecule has 0 unspecified atom stereocenters. The number of hydrogen-bond donors (Lipinski definition) is 3. The smallest absolute Gasteiger partial charge is 0.341 e. The van der Waals surface area contributed by atoms with Crippen LogP contribution in [0.25, 0.3) is 10.9 Å². The molecule has 3 aromatic rings. The number of amides is 1. The Labute approximate surface area is 179 Å². The van der Waals surface area contributed by atoms with Crippen LogP contribution in [0.5, 0.6) is 5.75 Å².